The molecule has 0 atom stereocenters. The van der Waals surface area contributed by atoms with Crippen LogP contribution in [0.2, 0.25) is 0 Å². The fraction of sp³-hybridized carbons (Fsp3) is 0.577. The summed E-state index contributed by atoms with van der Waals surface area (Å²) in [6, 6.07) is 17.5. The average Bonchev–Trinajstić information content (AvgIpc) is 3.99. The lowest BCUT2D eigenvalue weighted by atomic mass is 9.86. The number of carbonyl (C=O) groups is 2. The Hall–Kier alpha value is -3.74. The standard InChI is InChI=1S/2C16H21N.2C4H9NO.6C2H6/c2*1-16(2,17(3)4)15-12-8-7-11-14(15)13-9-5-6-10-13;2*1-4(6)5(2)3;6*1-2/h5,7-12H,6H2,1-4H3;5-9,11-12H,10H2,1-4H3;2*1-3H3;6*1-2H3. The van der Waals surface area contributed by atoms with Gasteiger partial charge in [0.2, 0.25) is 11.8 Å². The summed E-state index contributed by atoms with van der Waals surface area (Å²) in [5.41, 5.74) is 8.43. The van der Waals surface area contributed by atoms with E-state index in [4.69, 9.17) is 0 Å². The topological polar surface area (TPSA) is 47.1 Å². The highest BCUT2D eigenvalue weighted by Gasteiger charge is 2.27. The van der Waals surface area contributed by atoms with Gasteiger partial charge in [-0.1, -0.05) is 168 Å². The zero-order chi connectivity index (χ0) is 47.2. The van der Waals surface area contributed by atoms with Crippen molar-refractivity contribution in [1.82, 2.24) is 19.6 Å². The SMILES string of the molecule is CC.CC.CC.CC.CC.CC.CC(=O)N(C)C.CC(=O)N(C)C.CN(C)C(C)(C)c1ccccc1C1=CC=CC1.CN(C)C(C)(C)c1ccccc1C1=CCC=C1. The third kappa shape index (κ3) is 26.3. The molecule has 0 saturated heterocycles. The van der Waals surface area contributed by atoms with Crippen LogP contribution < -0.4 is 0 Å². The summed E-state index contributed by atoms with van der Waals surface area (Å²) in [7, 11) is 15.4. The summed E-state index contributed by atoms with van der Waals surface area (Å²) < 4.78 is 0. The molecular formula is C52H96N4O2. The molecule has 6 nitrogen and oxygen atoms in total. The van der Waals surface area contributed by atoms with E-state index in [1.807, 2.05) is 83.1 Å². The molecule has 2 aromatic rings. The van der Waals surface area contributed by atoms with Gasteiger partial charge in [0.15, 0.2) is 0 Å². The molecular weight excluding hydrogens is 713 g/mol. The first-order valence-electron chi connectivity index (χ1n) is 22.0. The molecule has 0 heterocycles. The summed E-state index contributed by atoms with van der Waals surface area (Å²) in [6.07, 6.45) is 15.4. The highest BCUT2D eigenvalue weighted by molar-refractivity contribution is 5.78. The van der Waals surface area contributed by atoms with Gasteiger partial charge in [0.1, 0.15) is 0 Å². The molecule has 58 heavy (non-hydrogen) atoms. The lowest BCUT2D eigenvalue weighted by Crippen LogP contribution is -2.36. The summed E-state index contributed by atoms with van der Waals surface area (Å²) >= 11 is 0. The Balaban J connectivity index is -0.000000153. The molecule has 336 valence electrons. The molecule has 0 radical (unpaired) electrons. The number of allylic oxidation sites excluding steroid dienone is 8. The van der Waals surface area contributed by atoms with Crippen molar-refractivity contribution in [2.75, 3.05) is 56.4 Å². The van der Waals surface area contributed by atoms with Crippen molar-refractivity contribution >= 4 is 23.0 Å². The quantitative estimate of drug-likeness (QED) is 0.292. The number of nitrogens with zero attached hydrogens (tertiary/aromatic N) is 4. The summed E-state index contributed by atoms with van der Waals surface area (Å²) in [4.78, 5) is 27.7. The second-order valence-corrected chi connectivity index (χ2v) is 13.4. The third-order valence-electron chi connectivity index (χ3n) is 8.87. The number of rotatable bonds is 6. The molecule has 0 aliphatic heterocycles. The van der Waals surface area contributed by atoms with Crippen molar-refractivity contribution < 1.29 is 9.59 Å². The predicted octanol–water partition coefficient (Wildman–Crippen LogP) is 14.0. The van der Waals surface area contributed by atoms with Crippen LogP contribution in [0.1, 0.15) is 160 Å². The summed E-state index contributed by atoms with van der Waals surface area (Å²) in [6.45, 7) is 36.1. The van der Waals surface area contributed by atoms with Gasteiger partial charge in [0, 0.05) is 53.1 Å². The maximum atomic E-state index is 10.1. The monoisotopic (exact) mass is 809 g/mol. The van der Waals surface area contributed by atoms with Crippen molar-refractivity contribution in [1.29, 1.82) is 0 Å². The molecule has 2 aromatic carbocycles. The lowest BCUT2D eigenvalue weighted by molar-refractivity contribution is -0.127. The Kier molecular flexibility index (Phi) is 45.6. The van der Waals surface area contributed by atoms with Gasteiger partial charge in [0.05, 0.1) is 0 Å². The van der Waals surface area contributed by atoms with E-state index in [0.29, 0.717) is 0 Å². The van der Waals surface area contributed by atoms with Gasteiger partial charge < -0.3 is 19.6 Å². The number of carbonyl (C=O) groups excluding carboxylic acids is 2. The summed E-state index contributed by atoms with van der Waals surface area (Å²) in [5, 5.41) is 0. The van der Waals surface area contributed by atoms with E-state index in [2.05, 4.69) is 151 Å². The van der Waals surface area contributed by atoms with Crippen molar-refractivity contribution in [2.45, 2.75) is 149 Å². The van der Waals surface area contributed by atoms with E-state index >= 15 is 0 Å². The maximum absolute atomic E-state index is 10.1. The van der Waals surface area contributed by atoms with E-state index in [0.717, 1.165) is 12.8 Å². The normalized spacial score (nSPS) is 11.3. The fourth-order valence-corrected chi connectivity index (χ4v) is 4.35. The maximum Gasteiger partial charge on any atom is 0.218 e. The highest BCUT2D eigenvalue weighted by Crippen LogP contribution is 2.35. The van der Waals surface area contributed by atoms with Crippen LogP contribution in [0.25, 0.3) is 11.1 Å². The molecule has 0 bridgehead atoms. The second kappa shape index (κ2) is 40.1. The van der Waals surface area contributed by atoms with Gasteiger partial charge >= 0.3 is 0 Å². The smallest absolute Gasteiger partial charge is 0.218 e. The van der Waals surface area contributed by atoms with Crippen LogP contribution in [-0.4, -0.2) is 87.8 Å². The molecule has 0 N–H and O–H groups in total. The molecule has 0 aromatic heterocycles. The summed E-state index contributed by atoms with van der Waals surface area (Å²) in [5.74, 6) is 0.185. The Bertz CT molecular complexity index is 1390. The van der Waals surface area contributed by atoms with Crippen LogP contribution in [0.15, 0.2) is 85.0 Å². The van der Waals surface area contributed by atoms with E-state index < -0.39 is 0 Å². The van der Waals surface area contributed by atoms with Crippen LogP contribution in [0.5, 0.6) is 0 Å². The molecule has 6 heteroatoms. The fourth-order valence-electron chi connectivity index (χ4n) is 4.35. The van der Waals surface area contributed by atoms with Crippen molar-refractivity contribution in [3.05, 3.63) is 107 Å². The minimum atomic E-state index is 0.0495. The zero-order valence-electron chi connectivity index (χ0n) is 43.1. The van der Waals surface area contributed by atoms with Crippen LogP contribution in [0.3, 0.4) is 0 Å². The first-order chi connectivity index (χ1) is 27.3. The van der Waals surface area contributed by atoms with Crippen LogP contribution in [0.4, 0.5) is 0 Å². The minimum Gasteiger partial charge on any atom is -0.349 e. The Morgan fingerprint density at radius 3 is 1.12 bits per heavy atom. The Labute approximate surface area is 363 Å². The first kappa shape index (κ1) is 66.1. The number of amides is 2. The van der Waals surface area contributed by atoms with Gasteiger partial charge in [-0.2, -0.15) is 0 Å². The number of hydrogen-bond donors (Lipinski definition) is 0. The van der Waals surface area contributed by atoms with Crippen LogP contribution in [-0.2, 0) is 20.7 Å². The van der Waals surface area contributed by atoms with Crippen molar-refractivity contribution in [3.63, 3.8) is 0 Å². The van der Waals surface area contributed by atoms with Crippen LogP contribution in [0, 0.1) is 0 Å². The van der Waals surface area contributed by atoms with Crippen molar-refractivity contribution in [3.8, 4) is 0 Å². The molecule has 2 aliphatic carbocycles. The average molecular weight is 809 g/mol. The Morgan fingerprint density at radius 2 is 0.845 bits per heavy atom. The third-order valence-corrected chi connectivity index (χ3v) is 8.87. The molecule has 0 spiro atoms. The largest absolute Gasteiger partial charge is 0.349 e. The Morgan fingerprint density at radius 1 is 0.517 bits per heavy atom. The lowest BCUT2D eigenvalue weighted by Gasteiger charge is -2.35. The van der Waals surface area contributed by atoms with E-state index in [1.165, 1.54) is 57.0 Å². The molecule has 2 aliphatic rings. The molecule has 0 saturated carbocycles. The van der Waals surface area contributed by atoms with Gasteiger partial charge in [0.25, 0.3) is 0 Å². The van der Waals surface area contributed by atoms with Gasteiger partial charge in [-0.25, -0.2) is 0 Å². The van der Waals surface area contributed by atoms with Gasteiger partial charge in [-0.15, -0.1) is 0 Å². The number of benzene rings is 2. The van der Waals surface area contributed by atoms with E-state index in [-0.39, 0.29) is 22.9 Å². The zero-order valence-corrected chi connectivity index (χ0v) is 43.1. The number of hydrogen-bond acceptors (Lipinski definition) is 4. The first-order valence-corrected chi connectivity index (χ1v) is 22.0. The van der Waals surface area contributed by atoms with Gasteiger partial charge in [-0.3, -0.25) is 9.59 Å². The van der Waals surface area contributed by atoms with Gasteiger partial charge in [-0.05, 0) is 102 Å². The molecule has 0 unspecified atom stereocenters. The van der Waals surface area contributed by atoms with Crippen molar-refractivity contribution in [2.24, 2.45) is 0 Å². The highest BCUT2D eigenvalue weighted by atomic mass is 16.2. The second-order valence-electron chi connectivity index (χ2n) is 13.4. The van der Waals surface area contributed by atoms with E-state index in [1.54, 1.807) is 28.2 Å². The van der Waals surface area contributed by atoms with E-state index in [9.17, 15) is 9.59 Å². The van der Waals surface area contributed by atoms with Crippen LogP contribution >= 0.6 is 0 Å². The molecule has 4 rings (SSSR count). The predicted molar refractivity (Wildman–Crippen MR) is 267 cm³/mol. The molecule has 0 fully saturated rings. The minimum absolute atomic E-state index is 0.0495. The molecule has 2 amide bonds.